The third kappa shape index (κ3) is 3.91. The fraction of sp³-hybridized carbons (Fsp3) is 0.571. The van der Waals surface area contributed by atoms with Crippen LogP contribution in [0.25, 0.3) is 0 Å². The highest BCUT2D eigenvalue weighted by molar-refractivity contribution is 5.94. The van der Waals surface area contributed by atoms with Gasteiger partial charge in [0, 0.05) is 30.9 Å². The first kappa shape index (κ1) is 15.9. The minimum atomic E-state index is 0. The monoisotopic (exact) mass is 283 g/mol. The summed E-state index contributed by atoms with van der Waals surface area (Å²) in [6, 6.07) is 3.91. The van der Waals surface area contributed by atoms with Gasteiger partial charge in [0.05, 0.1) is 5.69 Å². The molecule has 1 aromatic rings. The number of rotatable bonds is 2. The van der Waals surface area contributed by atoms with E-state index in [0.717, 1.165) is 25.1 Å². The van der Waals surface area contributed by atoms with Gasteiger partial charge < -0.3 is 10.6 Å². The first-order valence-electron chi connectivity index (χ1n) is 6.68. The van der Waals surface area contributed by atoms with Crippen molar-refractivity contribution in [2.75, 3.05) is 6.54 Å². The molecule has 0 aliphatic carbocycles. The molecule has 0 spiro atoms. The van der Waals surface area contributed by atoms with Gasteiger partial charge in [0.1, 0.15) is 0 Å². The minimum Gasteiger partial charge on any atom is -0.336 e. The van der Waals surface area contributed by atoms with Crippen LogP contribution in [0.5, 0.6) is 0 Å². The summed E-state index contributed by atoms with van der Waals surface area (Å²) in [7, 11) is 0. The first-order valence-corrected chi connectivity index (χ1v) is 6.68. The Morgan fingerprint density at radius 1 is 1.47 bits per heavy atom. The van der Waals surface area contributed by atoms with Gasteiger partial charge in [-0.05, 0) is 31.9 Å². The highest BCUT2D eigenvalue weighted by Crippen LogP contribution is 2.19. The summed E-state index contributed by atoms with van der Waals surface area (Å²) in [6.45, 7) is 3.37. The smallest absolute Gasteiger partial charge is 0.254 e. The molecule has 0 radical (unpaired) electrons. The molecule has 1 fully saturated rings. The molecule has 2 N–H and O–H groups in total. The van der Waals surface area contributed by atoms with Crippen molar-refractivity contribution in [3.05, 3.63) is 29.6 Å². The largest absolute Gasteiger partial charge is 0.336 e. The molecular formula is C14H22ClN3O. The van der Waals surface area contributed by atoms with E-state index in [1.807, 2.05) is 4.90 Å². The van der Waals surface area contributed by atoms with Crippen LogP contribution >= 0.6 is 12.4 Å². The second-order valence-corrected chi connectivity index (χ2v) is 4.94. The van der Waals surface area contributed by atoms with Crippen molar-refractivity contribution in [2.24, 2.45) is 5.73 Å². The Balaban J connectivity index is 0.00000180. The van der Waals surface area contributed by atoms with Crippen molar-refractivity contribution in [1.82, 2.24) is 9.88 Å². The second-order valence-electron chi connectivity index (χ2n) is 4.94. The Bertz CT molecular complexity index is 425. The topological polar surface area (TPSA) is 59.2 Å². The van der Waals surface area contributed by atoms with E-state index in [1.54, 1.807) is 18.3 Å². The Morgan fingerprint density at radius 3 is 3.00 bits per heavy atom. The van der Waals surface area contributed by atoms with Crippen molar-refractivity contribution >= 4 is 18.3 Å². The number of hydrogen-bond acceptors (Lipinski definition) is 3. The van der Waals surface area contributed by atoms with Crippen molar-refractivity contribution < 1.29 is 4.79 Å². The lowest BCUT2D eigenvalue weighted by Gasteiger charge is -2.27. The number of pyridine rings is 1. The van der Waals surface area contributed by atoms with Gasteiger partial charge in [-0.15, -0.1) is 12.4 Å². The van der Waals surface area contributed by atoms with E-state index in [1.165, 1.54) is 12.8 Å². The maximum Gasteiger partial charge on any atom is 0.254 e. The van der Waals surface area contributed by atoms with E-state index in [-0.39, 0.29) is 18.3 Å². The molecule has 1 unspecified atom stereocenters. The lowest BCUT2D eigenvalue weighted by Crippen LogP contribution is -2.38. The van der Waals surface area contributed by atoms with Crippen LogP contribution in [0.4, 0.5) is 0 Å². The molecule has 2 rings (SSSR count). The lowest BCUT2D eigenvalue weighted by molar-refractivity contribution is 0.0697. The second kappa shape index (κ2) is 7.46. The summed E-state index contributed by atoms with van der Waals surface area (Å²) >= 11 is 0. The standard InChI is InChI=1S/C14H21N3O.ClH/c1-11-5-3-2-4-8-17(11)14(18)12-6-7-16-13(9-12)10-15;/h6-7,9,11H,2-5,8,10,15H2,1H3;1H. The Kier molecular flexibility index (Phi) is 6.25. The summed E-state index contributed by atoms with van der Waals surface area (Å²) in [5.41, 5.74) is 7.04. The molecule has 4 nitrogen and oxygen atoms in total. The number of carbonyl (C=O) groups excluding carboxylic acids is 1. The molecule has 0 saturated carbocycles. The van der Waals surface area contributed by atoms with Crippen molar-refractivity contribution in [3.8, 4) is 0 Å². The predicted octanol–water partition coefficient (Wildman–Crippen LogP) is 2.37. The van der Waals surface area contributed by atoms with Crippen LogP contribution in [0.3, 0.4) is 0 Å². The number of amides is 1. The Labute approximate surface area is 120 Å². The number of likely N-dealkylation sites (tertiary alicyclic amines) is 1. The summed E-state index contributed by atoms with van der Waals surface area (Å²) in [5, 5.41) is 0. The van der Waals surface area contributed by atoms with Crippen molar-refractivity contribution in [2.45, 2.75) is 45.2 Å². The van der Waals surface area contributed by atoms with E-state index < -0.39 is 0 Å². The van der Waals surface area contributed by atoms with Gasteiger partial charge >= 0.3 is 0 Å². The number of nitrogens with zero attached hydrogens (tertiary/aromatic N) is 2. The molecule has 1 amide bonds. The highest BCUT2D eigenvalue weighted by Gasteiger charge is 2.23. The van der Waals surface area contributed by atoms with Crippen LogP contribution in [0.15, 0.2) is 18.3 Å². The van der Waals surface area contributed by atoms with Gasteiger partial charge in [-0.25, -0.2) is 0 Å². The van der Waals surface area contributed by atoms with Gasteiger partial charge in [0.15, 0.2) is 0 Å². The van der Waals surface area contributed by atoms with Crippen molar-refractivity contribution in [3.63, 3.8) is 0 Å². The molecule has 106 valence electrons. The zero-order chi connectivity index (χ0) is 13.0. The number of aromatic nitrogens is 1. The molecule has 1 aliphatic heterocycles. The van der Waals surface area contributed by atoms with Crippen LogP contribution < -0.4 is 5.73 Å². The van der Waals surface area contributed by atoms with Crippen molar-refractivity contribution in [1.29, 1.82) is 0 Å². The summed E-state index contributed by atoms with van der Waals surface area (Å²) in [4.78, 5) is 18.6. The molecule has 1 aromatic heterocycles. The molecule has 2 heterocycles. The number of nitrogens with two attached hydrogens (primary N) is 1. The fourth-order valence-electron chi connectivity index (χ4n) is 2.47. The number of halogens is 1. The zero-order valence-electron chi connectivity index (χ0n) is 11.3. The molecule has 1 aliphatic rings. The molecular weight excluding hydrogens is 262 g/mol. The van der Waals surface area contributed by atoms with E-state index in [0.29, 0.717) is 18.2 Å². The van der Waals surface area contributed by atoms with Crippen LogP contribution in [0, 0.1) is 0 Å². The van der Waals surface area contributed by atoms with Gasteiger partial charge in [-0.1, -0.05) is 12.8 Å². The van der Waals surface area contributed by atoms with Crippen LogP contribution in [0.2, 0.25) is 0 Å². The zero-order valence-corrected chi connectivity index (χ0v) is 12.2. The predicted molar refractivity (Wildman–Crippen MR) is 78.3 cm³/mol. The SMILES string of the molecule is CC1CCCCCN1C(=O)c1ccnc(CN)c1.Cl. The summed E-state index contributed by atoms with van der Waals surface area (Å²) < 4.78 is 0. The highest BCUT2D eigenvalue weighted by atomic mass is 35.5. The van der Waals surface area contributed by atoms with Crippen LogP contribution in [-0.4, -0.2) is 28.4 Å². The third-order valence-electron chi connectivity index (χ3n) is 3.59. The Hall–Kier alpha value is -1.13. The molecule has 1 atom stereocenters. The average molecular weight is 284 g/mol. The summed E-state index contributed by atoms with van der Waals surface area (Å²) in [5.74, 6) is 0.113. The molecule has 0 bridgehead atoms. The van der Waals surface area contributed by atoms with Crippen LogP contribution in [0.1, 0.15) is 48.7 Å². The van der Waals surface area contributed by atoms with Crippen LogP contribution in [-0.2, 0) is 6.54 Å². The average Bonchev–Trinajstić information content (AvgIpc) is 2.62. The first-order chi connectivity index (χ1) is 8.72. The van der Waals surface area contributed by atoms with Gasteiger partial charge in [-0.2, -0.15) is 0 Å². The normalized spacial score (nSPS) is 19.5. The summed E-state index contributed by atoms with van der Waals surface area (Å²) in [6.07, 6.45) is 6.30. The van der Waals surface area contributed by atoms with Gasteiger partial charge in [0.25, 0.3) is 5.91 Å². The van der Waals surface area contributed by atoms with E-state index in [4.69, 9.17) is 5.73 Å². The van der Waals surface area contributed by atoms with E-state index >= 15 is 0 Å². The van der Waals surface area contributed by atoms with E-state index in [9.17, 15) is 4.79 Å². The van der Waals surface area contributed by atoms with Gasteiger partial charge in [-0.3, -0.25) is 9.78 Å². The number of hydrogen-bond donors (Lipinski definition) is 1. The minimum absolute atomic E-state index is 0. The maximum atomic E-state index is 12.5. The number of carbonyl (C=O) groups is 1. The molecule has 0 aromatic carbocycles. The fourth-order valence-corrected chi connectivity index (χ4v) is 2.47. The van der Waals surface area contributed by atoms with E-state index in [2.05, 4.69) is 11.9 Å². The molecule has 19 heavy (non-hydrogen) atoms. The quantitative estimate of drug-likeness (QED) is 0.906. The maximum absolute atomic E-state index is 12.5. The van der Waals surface area contributed by atoms with Gasteiger partial charge in [0.2, 0.25) is 0 Å². The molecule has 1 saturated heterocycles. The third-order valence-corrected chi connectivity index (χ3v) is 3.59. The molecule has 5 heteroatoms. The Morgan fingerprint density at radius 2 is 2.26 bits per heavy atom. The lowest BCUT2D eigenvalue weighted by atomic mass is 10.1.